The molecule has 83 heavy (non-hydrogen) atoms. The second-order valence-electron chi connectivity index (χ2n) is 22.5. The van der Waals surface area contributed by atoms with E-state index in [1.165, 1.54) is 58.9 Å². The standard InChI is InChI=1S/C57H75ClN8O15S2/c1-32-14-11-17-42(77-10)57(75)29-41(79-54(74)61-57)33(2)36-28-56(36,6)43(27-49(71)65(8)39-25-35(24-32)26-40(76-9)51(39)58)80-53(73)34(3)64(7)46(68)21-23-82-83-55(4,5)30-44(67)63-62-38-16-12-15-37-52(38)59-31-45(60-37)78-22-13-18-50(72)81-66-47(69)19-20-48(66)70/h11,14,17,25-26,31,33-34,36,41-43,75H,12-13,15-16,18-24,27-30H2,1-10H3,(H,61,74)(H,63,67)/b17-11+,32-14+,62-38-/t33-,34-,36-,41-,42+,43-,56-,57-/m0/s1. The summed E-state index contributed by atoms with van der Waals surface area (Å²) in [4.78, 5) is 121. The van der Waals surface area contributed by atoms with Crippen LogP contribution in [-0.2, 0) is 65.5 Å². The monoisotopic (exact) mass is 1210 g/mol. The van der Waals surface area contributed by atoms with E-state index >= 15 is 0 Å². The Kier molecular flexibility index (Phi) is 21.4. The Morgan fingerprint density at radius 3 is 2.52 bits per heavy atom. The van der Waals surface area contributed by atoms with E-state index in [2.05, 4.69) is 25.8 Å². The molecule has 0 spiro atoms. The topological polar surface area (TPSA) is 284 Å². The van der Waals surface area contributed by atoms with Gasteiger partial charge in [-0.1, -0.05) is 70.8 Å². The van der Waals surface area contributed by atoms with Gasteiger partial charge in [0.15, 0.2) is 5.72 Å². The largest absolute Gasteiger partial charge is 0.495 e. The van der Waals surface area contributed by atoms with Crippen molar-refractivity contribution in [2.75, 3.05) is 45.6 Å². The molecule has 5 aliphatic rings. The third-order valence-electron chi connectivity index (χ3n) is 15.7. The Morgan fingerprint density at radius 2 is 1.81 bits per heavy atom. The fraction of sp³-hybridized carbons (Fsp3) is 0.596. The number of aliphatic hydroxyl groups is 1. The zero-order chi connectivity index (χ0) is 60.6. The number of aryl methyl sites for hydroxylation is 1. The first-order valence-electron chi connectivity index (χ1n) is 27.6. The molecule has 7 rings (SSSR count). The summed E-state index contributed by atoms with van der Waals surface area (Å²) in [5, 5.41) is 19.6. The predicted molar refractivity (Wildman–Crippen MR) is 309 cm³/mol. The number of nitrogens with one attached hydrogen (secondary N) is 2. The molecule has 8 atom stereocenters. The fourth-order valence-electron chi connectivity index (χ4n) is 10.6. The maximum absolute atomic E-state index is 14.5. The van der Waals surface area contributed by atoms with Crippen molar-refractivity contribution in [3.8, 4) is 11.6 Å². The van der Waals surface area contributed by atoms with Crippen molar-refractivity contribution in [3.63, 3.8) is 0 Å². The number of benzene rings is 1. The molecule has 2 aromatic rings. The number of nitrogens with zero attached hydrogens (tertiary/aromatic N) is 6. The summed E-state index contributed by atoms with van der Waals surface area (Å²) in [6.45, 7) is 11.2. The number of hydroxylamine groups is 2. The molecule has 2 aliphatic carbocycles. The van der Waals surface area contributed by atoms with E-state index in [0.717, 1.165) is 11.1 Å². The van der Waals surface area contributed by atoms with E-state index in [1.807, 2.05) is 40.7 Å². The molecule has 452 valence electrons. The van der Waals surface area contributed by atoms with Gasteiger partial charge in [0, 0.05) is 69.2 Å². The molecule has 1 aromatic heterocycles. The number of esters is 1. The summed E-state index contributed by atoms with van der Waals surface area (Å²) in [6, 6.07) is 2.55. The summed E-state index contributed by atoms with van der Waals surface area (Å²) in [7, 11) is 8.90. The maximum atomic E-state index is 14.5. The van der Waals surface area contributed by atoms with Crippen molar-refractivity contribution >= 4 is 92.2 Å². The fourth-order valence-corrected chi connectivity index (χ4v) is 13.4. The summed E-state index contributed by atoms with van der Waals surface area (Å²) >= 11 is 6.86. The first-order valence-corrected chi connectivity index (χ1v) is 30.3. The lowest BCUT2D eigenvalue weighted by Crippen LogP contribution is -2.63. The van der Waals surface area contributed by atoms with Gasteiger partial charge in [0.25, 0.3) is 11.8 Å². The van der Waals surface area contributed by atoms with Crippen molar-refractivity contribution in [3.05, 3.63) is 64.1 Å². The molecular formula is C57H75ClN8O15S2. The van der Waals surface area contributed by atoms with Crippen LogP contribution in [0, 0.1) is 17.3 Å². The number of halogens is 1. The predicted octanol–water partition coefficient (Wildman–Crippen LogP) is 6.74. The number of ether oxygens (including phenoxy) is 5. The molecule has 3 fully saturated rings. The van der Waals surface area contributed by atoms with Crippen molar-refractivity contribution in [2.45, 2.75) is 160 Å². The van der Waals surface area contributed by atoms with Crippen LogP contribution in [0.15, 0.2) is 47.2 Å². The van der Waals surface area contributed by atoms with Crippen LogP contribution < -0.4 is 25.1 Å². The molecule has 2 saturated heterocycles. The third kappa shape index (κ3) is 16.1. The van der Waals surface area contributed by atoms with Crippen LogP contribution in [0.5, 0.6) is 11.6 Å². The number of likely N-dealkylation sites (N-methyl/N-ethyl adjacent to an activating group) is 1. The van der Waals surface area contributed by atoms with Crippen LogP contribution >= 0.6 is 33.2 Å². The number of aromatic nitrogens is 2. The quantitative estimate of drug-likeness (QED) is 0.0432. The van der Waals surface area contributed by atoms with Gasteiger partial charge in [0.05, 0.1) is 49.8 Å². The van der Waals surface area contributed by atoms with E-state index in [9.17, 15) is 43.5 Å². The van der Waals surface area contributed by atoms with Crippen molar-refractivity contribution in [1.82, 2.24) is 30.7 Å². The molecule has 1 aromatic carbocycles. The molecule has 4 heterocycles. The highest BCUT2D eigenvalue weighted by Gasteiger charge is 2.62. The highest BCUT2D eigenvalue weighted by molar-refractivity contribution is 8.77. The number of amides is 6. The number of carbonyl (C=O) groups is 8. The van der Waals surface area contributed by atoms with Crippen LogP contribution in [0.25, 0.3) is 0 Å². The van der Waals surface area contributed by atoms with E-state index in [4.69, 9.17) is 40.1 Å². The zero-order valence-corrected chi connectivity index (χ0v) is 51.0. The normalized spacial score (nSPS) is 26.5. The number of hydrazone groups is 1. The molecule has 23 nitrogen and oxygen atoms in total. The molecule has 1 saturated carbocycles. The number of carbonyl (C=O) groups excluding carboxylic acids is 8. The van der Waals surface area contributed by atoms with Gasteiger partial charge in [0.1, 0.15) is 40.8 Å². The van der Waals surface area contributed by atoms with Gasteiger partial charge in [0.2, 0.25) is 23.6 Å². The van der Waals surface area contributed by atoms with Crippen molar-refractivity contribution in [1.29, 1.82) is 0 Å². The van der Waals surface area contributed by atoms with Gasteiger partial charge < -0.3 is 43.4 Å². The van der Waals surface area contributed by atoms with Gasteiger partial charge in [-0.3, -0.25) is 29.3 Å². The SMILES string of the molecule is COc1cc2cc(c1Cl)N(C)C(=O)C[C@H](OC(=O)[C@H](C)N(C)C(=O)CCSSC(C)(C)CC(=O)N/N=C1/CCCc3nc(OCCCC(=O)ON4C(=O)CCC4=O)cnc31)[C@@]1(C)C[C@H]1[C@H](C)[C@@H]1C[C@@](O)(NC(=O)O1)[C@H](OC)/C=C/C=C(\C)C2. The lowest BCUT2D eigenvalue weighted by atomic mass is 9.83. The van der Waals surface area contributed by atoms with E-state index in [-0.39, 0.29) is 92.5 Å². The van der Waals surface area contributed by atoms with E-state index in [1.54, 1.807) is 38.3 Å². The second kappa shape index (κ2) is 27.6. The van der Waals surface area contributed by atoms with Crippen molar-refractivity contribution in [2.24, 2.45) is 22.4 Å². The Hall–Kier alpha value is -6.28. The average molecular weight is 1210 g/mol. The second-order valence-corrected chi connectivity index (χ2v) is 26.0. The maximum Gasteiger partial charge on any atom is 0.409 e. The molecule has 3 aliphatic heterocycles. The number of anilines is 1. The lowest BCUT2D eigenvalue weighted by molar-refractivity contribution is -0.197. The van der Waals surface area contributed by atoms with Crippen LogP contribution in [-0.4, -0.2) is 154 Å². The average Bonchev–Trinajstić information content (AvgIpc) is 2.25. The molecule has 0 radical (unpaired) electrons. The Bertz CT molecular complexity index is 2910. The summed E-state index contributed by atoms with van der Waals surface area (Å²) in [5.41, 5.74) is 3.90. The minimum Gasteiger partial charge on any atom is -0.495 e. The zero-order valence-electron chi connectivity index (χ0n) is 48.6. The Morgan fingerprint density at radius 1 is 1.07 bits per heavy atom. The highest BCUT2D eigenvalue weighted by atomic mass is 35.5. The number of rotatable bonds is 19. The van der Waals surface area contributed by atoms with Crippen LogP contribution in [0.1, 0.15) is 129 Å². The van der Waals surface area contributed by atoms with Crippen molar-refractivity contribution < 1.29 is 72.0 Å². The summed E-state index contributed by atoms with van der Waals surface area (Å²) < 4.78 is 28.6. The number of hydrogen-bond donors (Lipinski definition) is 3. The molecule has 0 unspecified atom stereocenters. The van der Waals surface area contributed by atoms with Gasteiger partial charge >= 0.3 is 18.0 Å². The summed E-state index contributed by atoms with van der Waals surface area (Å²) in [6.07, 6.45) is 6.10. The van der Waals surface area contributed by atoms with Gasteiger partial charge in [-0.25, -0.2) is 29.8 Å². The van der Waals surface area contributed by atoms with Crippen LogP contribution in [0.4, 0.5) is 10.5 Å². The number of alkyl carbamates (subject to hydrolysis) is 1. The lowest BCUT2D eigenvalue weighted by Gasteiger charge is -2.42. The van der Waals surface area contributed by atoms with Gasteiger partial charge in [-0.15, -0.1) is 5.06 Å². The van der Waals surface area contributed by atoms with Crippen LogP contribution in [0.2, 0.25) is 5.02 Å². The molecule has 26 heteroatoms. The summed E-state index contributed by atoms with van der Waals surface area (Å²) in [5.74, 6) is -3.22. The van der Waals surface area contributed by atoms with Gasteiger partial charge in [-0.05, 0) is 95.8 Å². The van der Waals surface area contributed by atoms with Gasteiger partial charge in [-0.2, -0.15) is 5.10 Å². The molecule has 6 amide bonds. The number of allylic oxidation sites excluding steroid dienone is 3. The number of fused-ring (bicyclic) bond motifs is 6. The van der Waals surface area contributed by atoms with E-state index in [0.29, 0.717) is 71.5 Å². The first-order chi connectivity index (χ1) is 39.3. The van der Waals surface area contributed by atoms with Crippen LogP contribution in [0.3, 0.4) is 0 Å². The number of imide groups is 1. The molecule has 3 N–H and O–H groups in total. The minimum absolute atomic E-state index is 0.0110. The Balaban J connectivity index is 0.925. The highest BCUT2D eigenvalue weighted by Crippen LogP contribution is 2.61. The molecule has 4 bridgehead atoms. The minimum atomic E-state index is -1.82. The third-order valence-corrected chi connectivity index (χ3v) is 19.4. The molecular weight excluding hydrogens is 1140 g/mol. The number of hydrogen-bond acceptors (Lipinski definition) is 20. The Labute approximate surface area is 496 Å². The smallest absolute Gasteiger partial charge is 0.409 e. The number of methoxy groups -OCH3 is 2. The first kappa shape index (κ1) is 64.3. The van der Waals surface area contributed by atoms with E-state index < -0.39 is 76.0 Å².